The predicted molar refractivity (Wildman–Crippen MR) is 79.3 cm³/mol. The minimum atomic E-state index is 0.325. The Morgan fingerprint density at radius 2 is 2.05 bits per heavy atom. The van der Waals surface area contributed by atoms with Crippen LogP contribution in [0.2, 0.25) is 5.02 Å². The number of nitrogens with zero attached hydrogens (tertiary/aromatic N) is 2. The molecule has 2 aromatic heterocycles. The van der Waals surface area contributed by atoms with Gasteiger partial charge in [-0.2, -0.15) is 0 Å². The maximum atomic E-state index is 6.05. The molecule has 1 aromatic carbocycles. The first kappa shape index (κ1) is 12.7. The summed E-state index contributed by atoms with van der Waals surface area (Å²) >= 11 is 6.05. The van der Waals surface area contributed by atoms with Crippen LogP contribution in [0, 0.1) is 6.92 Å². The fourth-order valence-corrected chi connectivity index (χ4v) is 2.16. The topological polar surface area (TPSA) is 64.9 Å². The summed E-state index contributed by atoms with van der Waals surface area (Å²) < 4.78 is 5.37. The van der Waals surface area contributed by atoms with Crippen molar-refractivity contribution in [2.24, 2.45) is 0 Å². The third-order valence-electron chi connectivity index (χ3n) is 3.06. The summed E-state index contributed by atoms with van der Waals surface area (Å²) in [6.07, 6.45) is 1.71. The lowest BCUT2D eigenvalue weighted by Crippen LogP contribution is -1.91. The lowest BCUT2D eigenvalue weighted by molar-refractivity contribution is 0.436. The van der Waals surface area contributed by atoms with Gasteiger partial charge in [0.25, 0.3) is 0 Å². The Labute approximate surface area is 121 Å². The van der Waals surface area contributed by atoms with Crippen molar-refractivity contribution < 1.29 is 4.52 Å². The normalized spacial score (nSPS) is 10.7. The lowest BCUT2D eigenvalue weighted by atomic mass is 10.0. The van der Waals surface area contributed by atoms with E-state index in [0.29, 0.717) is 22.2 Å². The molecule has 100 valence electrons. The van der Waals surface area contributed by atoms with Gasteiger partial charge in [-0.25, -0.2) is 0 Å². The molecule has 0 aliphatic rings. The van der Waals surface area contributed by atoms with E-state index in [1.807, 2.05) is 43.3 Å². The molecular weight excluding hydrogens is 274 g/mol. The fourth-order valence-electron chi connectivity index (χ4n) is 2.04. The van der Waals surface area contributed by atoms with Crippen LogP contribution in [0.1, 0.15) is 5.56 Å². The van der Waals surface area contributed by atoms with Crippen molar-refractivity contribution >= 4 is 17.4 Å². The van der Waals surface area contributed by atoms with Gasteiger partial charge < -0.3 is 10.3 Å². The van der Waals surface area contributed by atoms with E-state index in [-0.39, 0.29) is 0 Å². The summed E-state index contributed by atoms with van der Waals surface area (Å²) in [6, 6.07) is 11.3. The van der Waals surface area contributed by atoms with Crippen LogP contribution in [0.15, 0.2) is 47.1 Å². The molecule has 0 aliphatic carbocycles. The third-order valence-corrected chi connectivity index (χ3v) is 3.48. The number of nitrogens with two attached hydrogens (primary N) is 1. The van der Waals surface area contributed by atoms with Gasteiger partial charge in [0.1, 0.15) is 0 Å². The number of halogens is 1. The van der Waals surface area contributed by atoms with E-state index in [1.165, 1.54) is 0 Å². The van der Waals surface area contributed by atoms with Crippen LogP contribution in [0.25, 0.3) is 22.6 Å². The first-order valence-electron chi connectivity index (χ1n) is 6.10. The highest BCUT2D eigenvalue weighted by atomic mass is 35.5. The van der Waals surface area contributed by atoms with E-state index in [4.69, 9.17) is 21.9 Å². The summed E-state index contributed by atoms with van der Waals surface area (Å²) in [5.41, 5.74) is 9.18. The number of rotatable bonds is 2. The number of aryl methyl sites for hydroxylation is 1. The van der Waals surface area contributed by atoms with Gasteiger partial charge >= 0.3 is 0 Å². The molecule has 0 saturated heterocycles. The Balaban J connectivity index is 2.18. The van der Waals surface area contributed by atoms with Crippen LogP contribution in [0.5, 0.6) is 0 Å². The van der Waals surface area contributed by atoms with Crippen LogP contribution in [-0.4, -0.2) is 10.1 Å². The minimum Gasteiger partial charge on any atom is -0.380 e. The quantitative estimate of drug-likeness (QED) is 0.774. The number of aromatic nitrogens is 2. The van der Waals surface area contributed by atoms with Gasteiger partial charge in [0.15, 0.2) is 11.6 Å². The van der Waals surface area contributed by atoms with Gasteiger partial charge in [-0.1, -0.05) is 22.8 Å². The highest BCUT2D eigenvalue weighted by molar-refractivity contribution is 6.31. The molecule has 0 amide bonds. The van der Waals surface area contributed by atoms with Gasteiger partial charge in [0.2, 0.25) is 0 Å². The van der Waals surface area contributed by atoms with Crippen LogP contribution in [-0.2, 0) is 0 Å². The molecule has 20 heavy (non-hydrogen) atoms. The maximum absolute atomic E-state index is 6.05. The molecule has 0 saturated carbocycles. The number of benzene rings is 1. The van der Waals surface area contributed by atoms with Gasteiger partial charge in [-0.3, -0.25) is 4.98 Å². The summed E-state index contributed by atoms with van der Waals surface area (Å²) in [5.74, 6) is 0.923. The number of anilines is 1. The van der Waals surface area contributed by atoms with Crippen LogP contribution < -0.4 is 5.73 Å². The van der Waals surface area contributed by atoms with E-state index >= 15 is 0 Å². The molecule has 0 fully saturated rings. The second-order valence-electron chi connectivity index (χ2n) is 4.45. The Kier molecular flexibility index (Phi) is 3.16. The minimum absolute atomic E-state index is 0.325. The predicted octanol–water partition coefficient (Wildman–Crippen LogP) is 3.95. The van der Waals surface area contributed by atoms with Crippen molar-refractivity contribution in [3.8, 4) is 22.6 Å². The molecule has 0 aliphatic heterocycles. The summed E-state index contributed by atoms with van der Waals surface area (Å²) in [5, 5.41) is 4.56. The van der Waals surface area contributed by atoms with Crippen molar-refractivity contribution in [2.45, 2.75) is 6.92 Å². The van der Waals surface area contributed by atoms with Crippen molar-refractivity contribution in [1.29, 1.82) is 0 Å². The van der Waals surface area contributed by atoms with Crippen molar-refractivity contribution in [2.75, 3.05) is 5.73 Å². The molecule has 0 spiro atoms. The largest absolute Gasteiger partial charge is 0.380 e. The zero-order chi connectivity index (χ0) is 14.1. The number of nitrogen functional groups attached to an aromatic ring is 1. The molecule has 4 nitrogen and oxygen atoms in total. The fraction of sp³-hybridized carbons (Fsp3) is 0.0667. The number of pyridine rings is 1. The summed E-state index contributed by atoms with van der Waals surface area (Å²) in [6.45, 7) is 1.94. The Morgan fingerprint density at radius 1 is 1.20 bits per heavy atom. The number of hydrogen-bond donors (Lipinski definition) is 1. The molecule has 0 radical (unpaired) electrons. The van der Waals surface area contributed by atoms with Gasteiger partial charge in [0.05, 0.1) is 11.3 Å². The molecule has 0 atom stereocenters. The van der Waals surface area contributed by atoms with Crippen LogP contribution in [0.3, 0.4) is 0 Å². The summed E-state index contributed by atoms with van der Waals surface area (Å²) in [7, 11) is 0. The monoisotopic (exact) mass is 285 g/mol. The SMILES string of the molecule is Cc1cc(-c2onc(N)c2-c2ccccn2)ccc1Cl. The zero-order valence-corrected chi connectivity index (χ0v) is 11.6. The number of hydrogen-bond acceptors (Lipinski definition) is 4. The van der Waals surface area contributed by atoms with E-state index in [1.54, 1.807) is 6.20 Å². The van der Waals surface area contributed by atoms with Crippen LogP contribution in [0.4, 0.5) is 5.82 Å². The molecule has 3 rings (SSSR count). The molecular formula is C15H12ClN3O. The van der Waals surface area contributed by atoms with Crippen molar-refractivity contribution in [3.63, 3.8) is 0 Å². The maximum Gasteiger partial charge on any atom is 0.178 e. The average molecular weight is 286 g/mol. The molecule has 0 unspecified atom stereocenters. The van der Waals surface area contributed by atoms with E-state index < -0.39 is 0 Å². The zero-order valence-electron chi connectivity index (χ0n) is 10.8. The highest BCUT2D eigenvalue weighted by Crippen LogP contribution is 2.36. The molecule has 5 heteroatoms. The molecule has 2 N–H and O–H groups in total. The Morgan fingerprint density at radius 3 is 2.75 bits per heavy atom. The average Bonchev–Trinajstić information content (AvgIpc) is 2.85. The van der Waals surface area contributed by atoms with E-state index in [0.717, 1.165) is 16.8 Å². The summed E-state index contributed by atoms with van der Waals surface area (Å²) in [4.78, 5) is 4.30. The van der Waals surface area contributed by atoms with Gasteiger partial charge in [-0.05, 0) is 42.8 Å². The van der Waals surface area contributed by atoms with Crippen molar-refractivity contribution in [3.05, 3.63) is 53.2 Å². The highest BCUT2D eigenvalue weighted by Gasteiger charge is 2.18. The van der Waals surface area contributed by atoms with Gasteiger partial charge in [0, 0.05) is 16.8 Å². The standard InChI is InChI=1S/C15H12ClN3O/c1-9-8-10(5-6-11(9)16)14-13(15(17)19-20-14)12-4-2-3-7-18-12/h2-8H,1H3,(H2,17,19). The second-order valence-corrected chi connectivity index (χ2v) is 4.86. The third kappa shape index (κ3) is 2.14. The van der Waals surface area contributed by atoms with Gasteiger partial charge in [-0.15, -0.1) is 0 Å². The molecule has 2 heterocycles. The van der Waals surface area contributed by atoms with Crippen molar-refractivity contribution in [1.82, 2.24) is 10.1 Å². The van der Waals surface area contributed by atoms with E-state index in [2.05, 4.69) is 10.1 Å². The first-order valence-corrected chi connectivity index (χ1v) is 6.47. The Bertz CT molecular complexity index is 753. The first-order chi connectivity index (χ1) is 9.66. The second kappa shape index (κ2) is 4.98. The Hall–Kier alpha value is -2.33. The smallest absolute Gasteiger partial charge is 0.178 e. The molecule has 3 aromatic rings. The molecule has 0 bridgehead atoms. The van der Waals surface area contributed by atoms with E-state index in [9.17, 15) is 0 Å². The lowest BCUT2D eigenvalue weighted by Gasteiger charge is -2.04. The van der Waals surface area contributed by atoms with Crippen LogP contribution >= 0.6 is 11.6 Å².